The van der Waals surface area contributed by atoms with Crippen molar-refractivity contribution in [2.45, 2.75) is 58.1 Å². The monoisotopic (exact) mass is 353 g/mol. The molecule has 2 unspecified atom stereocenters. The Morgan fingerprint density at radius 2 is 1.84 bits per heavy atom. The van der Waals surface area contributed by atoms with Crippen molar-refractivity contribution in [2.75, 3.05) is 6.67 Å². The summed E-state index contributed by atoms with van der Waals surface area (Å²) in [6, 6.07) is 5.15. The largest absolute Gasteiger partial charge is 0.478 e. The van der Waals surface area contributed by atoms with Crippen molar-refractivity contribution in [3.63, 3.8) is 0 Å². The van der Waals surface area contributed by atoms with Gasteiger partial charge in [0, 0.05) is 0 Å². The van der Waals surface area contributed by atoms with Gasteiger partial charge >= 0.3 is 12.1 Å². The Labute approximate surface area is 146 Å². The van der Waals surface area contributed by atoms with Crippen LogP contribution in [0.2, 0.25) is 0 Å². The lowest BCUT2D eigenvalue weighted by Crippen LogP contribution is -2.50. The average Bonchev–Trinajstić information content (AvgIpc) is 2.76. The predicted octanol–water partition coefficient (Wildman–Crippen LogP) is 3.77. The summed E-state index contributed by atoms with van der Waals surface area (Å²) in [6.45, 7) is 7.74. The van der Waals surface area contributed by atoms with Gasteiger partial charge in [0.1, 0.15) is 24.1 Å². The third-order valence-electron chi connectivity index (χ3n) is 3.91. The number of carbonyl (C=O) groups excluding carboxylic acids is 1. The molecule has 1 aliphatic heterocycles. The molecular weight excluding hydrogens is 329 g/mol. The molecule has 1 saturated heterocycles. The van der Waals surface area contributed by atoms with Gasteiger partial charge in [0.05, 0.1) is 11.6 Å². The van der Waals surface area contributed by atoms with Crippen LogP contribution in [0, 0.1) is 0 Å². The van der Waals surface area contributed by atoms with E-state index < -0.39 is 42.2 Å². The molecule has 6 nitrogen and oxygen atoms in total. The number of aromatic carboxylic acids is 1. The number of amides is 1. The fraction of sp³-hybridized carbons (Fsp3) is 0.556. The van der Waals surface area contributed by atoms with Crippen LogP contribution in [-0.2, 0) is 9.47 Å². The summed E-state index contributed by atoms with van der Waals surface area (Å²) >= 11 is 0. The van der Waals surface area contributed by atoms with Crippen molar-refractivity contribution < 1.29 is 28.6 Å². The Hall–Kier alpha value is -2.15. The first-order valence-electron chi connectivity index (χ1n) is 8.05. The fourth-order valence-corrected chi connectivity index (χ4v) is 2.90. The van der Waals surface area contributed by atoms with Gasteiger partial charge in [0.15, 0.2) is 0 Å². The van der Waals surface area contributed by atoms with Crippen LogP contribution in [0.25, 0.3) is 0 Å². The van der Waals surface area contributed by atoms with E-state index in [-0.39, 0.29) is 5.56 Å². The lowest BCUT2D eigenvalue weighted by Gasteiger charge is -2.34. The number of alkyl halides is 1. The van der Waals surface area contributed by atoms with E-state index in [1.807, 2.05) is 0 Å². The van der Waals surface area contributed by atoms with Crippen molar-refractivity contribution in [3.05, 3.63) is 35.4 Å². The molecule has 138 valence electrons. The molecule has 0 radical (unpaired) electrons. The van der Waals surface area contributed by atoms with Gasteiger partial charge in [-0.25, -0.2) is 14.0 Å². The molecule has 0 aliphatic carbocycles. The summed E-state index contributed by atoms with van der Waals surface area (Å²) in [5, 5.41) is 8.98. The Kier molecular flexibility index (Phi) is 5.09. The van der Waals surface area contributed by atoms with E-state index in [2.05, 4.69) is 0 Å². The maximum Gasteiger partial charge on any atom is 0.413 e. The Balaban J connectivity index is 2.32. The van der Waals surface area contributed by atoms with E-state index in [4.69, 9.17) is 14.6 Å². The van der Waals surface area contributed by atoms with E-state index in [0.29, 0.717) is 5.56 Å². The highest BCUT2D eigenvalue weighted by atomic mass is 19.1. The number of nitrogens with zero attached hydrogens (tertiary/aromatic N) is 1. The molecule has 1 N–H and O–H groups in total. The first-order valence-corrected chi connectivity index (χ1v) is 8.05. The lowest BCUT2D eigenvalue weighted by molar-refractivity contribution is -0.0797. The summed E-state index contributed by atoms with van der Waals surface area (Å²) in [6.07, 6.45) is -1.36. The van der Waals surface area contributed by atoms with Crippen molar-refractivity contribution in [1.29, 1.82) is 0 Å². The Bertz CT molecular complexity index is 650. The van der Waals surface area contributed by atoms with Crippen LogP contribution in [-0.4, -0.2) is 46.1 Å². The predicted molar refractivity (Wildman–Crippen MR) is 89.1 cm³/mol. The second-order valence-electron chi connectivity index (χ2n) is 7.48. The van der Waals surface area contributed by atoms with E-state index in [1.54, 1.807) is 46.8 Å². The topological polar surface area (TPSA) is 76.1 Å². The van der Waals surface area contributed by atoms with Crippen LogP contribution in [0.15, 0.2) is 24.3 Å². The molecule has 0 aromatic heterocycles. The number of rotatable bonds is 3. The van der Waals surface area contributed by atoms with E-state index in [1.165, 1.54) is 17.0 Å². The van der Waals surface area contributed by atoms with Gasteiger partial charge in [-0.05, 0) is 52.3 Å². The quantitative estimate of drug-likeness (QED) is 0.895. The standard InChI is InChI=1S/C18H24FNO5/c1-17(2,3)25-16(23)20-13(10-19)14(24-18(20,4)5)11-6-8-12(9-7-11)15(21)22/h6-9,13-14H,10H2,1-5H3,(H,21,22). The Morgan fingerprint density at radius 3 is 2.28 bits per heavy atom. The zero-order valence-electron chi connectivity index (χ0n) is 15.1. The van der Waals surface area contributed by atoms with Gasteiger partial charge < -0.3 is 14.6 Å². The van der Waals surface area contributed by atoms with Crippen molar-refractivity contribution in [2.24, 2.45) is 0 Å². The summed E-state index contributed by atoms with van der Waals surface area (Å²) in [4.78, 5) is 24.8. The molecule has 0 saturated carbocycles. The minimum Gasteiger partial charge on any atom is -0.478 e. The van der Waals surface area contributed by atoms with E-state index >= 15 is 0 Å². The van der Waals surface area contributed by atoms with Crippen LogP contribution in [0.5, 0.6) is 0 Å². The van der Waals surface area contributed by atoms with Crippen molar-refractivity contribution >= 4 is 12.1 Å². The van der Waals surface area contributed by atoms with Crippen molar-refractivity contribution in [1.82, 2.24) is 4.90 Å². The third kappa shape index (κ3) is 4.10. The highest BCUT2D eigenvalue weighted by molar-refractivity contribution is 5.87. The van der Waals surface area contributed by atoms with Crippen molar-refractivity contribution in [3.8, 4) is 0 Å². The number of hydrogen-bond donors (Lipinski definition) is 1. The van der Waals surface area contributed by atoms with Crippen LogP contribution in [0.1, 0.15) is 56.6 Å². The number of carbonyl (C=O) groups is 2. The number of hydrogen-bond acceptors (Lipinski definition) is 4. The minimum atomic E-state index is -1.06. The fourth-order valence-electron chi connectivity index (χ4n) is 2.90. The van der Waals surface area contributed by atoms with Gasteiger partial charge in [-0.2, -0.15) is 0 Å². The van der Waals surface area contributed by atoms with E-state index in [9.17, 15) is 14.0 Å². The number of ether oxygens (including phenoxy) is 2. The molecule has 0 bridgehead atoms. The molecule has 1 amide bonds. The highest BCUT2D eigenvalue weighted by Crippen LogP contribution is 2.42. The molecule has 1 heterocycles. The first-order chi connectivity index (χ1) is 11.5. The molecule has 25 heavy (non-hydrogen) atoms. The lowest BCUT2D eigenvalue weighted by atomic mass is 10.0. The van der Waals surface area contributed by atoms with Gasteiger partial charge in [-0.1, -0.05) is 12.1 Å². The SMILES string of the molecule is CC(C)(C)OC(=O)N1C(CF)C(c2ccc(C(=O)O)cc2)OC1(C)C. The normalized spacial score (nSPS) is 22.7. The molecule has 1 aliphatic rings. The molecule has 1 aromatic carbocycles. The summed E-state index contributed by atoms with van der Waals surface area (Å²) in [7, 11) is 0. The maximum atomic E-state index is 13.8. The van der Waals surface area contributed by atoms with Crippen LogP contribution in [0.4, 0.5) is 9.18 Å². The molecule has 0 spiro atoms. The molecule has 1 aromatic rings. The average molecular weight is 353 g/mol. The van der Waals surface area contributed by atoms with Crippen LogP contribution in [0.3, 0.4) is 0 Å². The third-order valence-corrected chi connectivity index (χ3v) is 3.91. The second-order valence-corrected chi connectivity index (χ2v) is 7.48. The second kappa shape index (κ2) is 6.63. The number of halogens is 1. The minimum absolute atomic E-state index is 0.127. The van der Waals surface area contributed by atoms with Gasteiger partial charge in [0.2, 0.25) is 0 Å². The molecule has 2 rings (SSSR count). The summed E-state index contributed by atoms with van der Waals surface area (Å²) < 4.78 is 25.1. The smallest absolute Gasteiger partial charge is 0.413 e. The molecule has 7 heteroatoms. The molecular formula is C18H24FNO5. The summed E-state index contributed by atoms with van der Waals surface area (Å²) in [5.74, 6) is -1.04. The zero-order valence-corrected chi connectivity index (χ0v) is 15.1. The number of carboxylic acids is 1. The van der Waals surface area contributed by atoms with Crippen LogP contribution < -0.4 is 0 Å². The maximum absolute atomic E-state index is 13.8. The first kappa shape index (κ1) is 19.2. The summed E-state index contributed by atoms with van der Waals surface area (Å²) in [5.41, 5.74) is -1.04. The number of benzene rings is 1. The molecule has 2 atom stereocenters. The highest BCUT2D eigenvalue weighted by Gasteiger charge is 2.51. The van der Waals surface area contributed by atoms with Crippen LogP contribution >= 0.6 is 0 Å². The zero-order chi connectivity index (χ0) is 19.0. The number of carboxylic acid groups (broad SMARTS) is 1. The molecule has 1 fully saturated rings. The van der Waals surface area contributed by atoms with Gasteiger partial charge in [-0.15, -0.1) is 0 Å². The van der Waals surface area contributed by atoms with Gasteiger partial charge in [-0.3, -0.25) is 4.90 Å². The Morgan fingerprint density at radius 1 is 1.28 bits per heavy atom. The van der Waals surface area contributed by atoms with Gasteiger partial charge in [0.25, 0.3) is 0 Å². The van der Waals surface area contributed by atoms with E-state index in [0.717, 1.165) is 0 Å².